The minimum Gasteiger partial charge on any atom is -0.462 e. The third-order valence-electron chi connectivity index (χ3n) is 12.8. The number of aliphatic hydroxyl groups is 2. The van der Waals surface area contributed by atoms with Gasteiger partial charge in [0.25, 0.3) is 0 Å². The largest absolute Gasteiger partial charge is 0.462 e. The molecule has 0 bridgehead atoms. The van der Waals surface area contributed by atoms with E-state index >= 15 is 0 Å². The van der Waals surface area contributed by atoms with Crippen molar-refractivity contribution in [1.29, 1.82) is 0 Å². The summed E-state index contributed by atoms with van der Waals surface area (Å²) in [5, 5.41) is 23.9. The van der Waals surface area contributed by atoms with Crippen LogP contribution in [0.3, 0.4) is 0 Å². The topological polar surface area (TPSA) is 95.9 Å². The highest BCUT2D eigenvalue weighted by Crippen LogP contribution is 2.17. The van der Waals surface area contributed by atoms with Gasteiger partial charge in [-0.1, -0.05) is 248 Å². The number of nitrogens with one attached hydrogen (secondary N) is 1. The quantitative estimate of drug-likeness (QED) is 0.0244. The summed E-state index contributed by atoms with van der Waals surface area (Å²) < 4.78 is 5.93. The zero-order chi connectivity index (χ0) is 48.8. The van der Waals surface area contributed by atoms with E-state index < -0.39 is 18.2 Å². The van der Waals surface area contributed by atoms with Crippen molar-refractivity contribution < 1.29 is 24.5 Å². The fraction of sp³-hybridized carbons (Fsp3) is 0.770. The summed E-state index contributed by atoms with van der Waals surface area (Å²) in [5.41, 5.74) is 0. The summed E-state index contributed by atoms with van der Waals surface area (Å²) in [7, 11) is 0. The highest BCUT2D eigenvalue weighted by atomic mass is 16.5. The van der Waals surface area contributed by atoms with Crippen LogP contribution in [0.2, 0.25) is 0 Å². The number of allylic oxidation sites excluding steroid dienone is 12. The van der Waals surface area contributed by atoms with Gasteiger partial charge < -0.3 is 20.3 Å². The average Bonchev–Trinajstić information content (AvgIpc) is 3.32. The first-order valence-corrected chi connectivity index (χ1v) is 28.7. The van der Waals surface area contributed by atoms with Gasteiger partial charge in [0.05, 0.1) is 25.2 Å². The van der Waals surface area contributed by atoms with Gasteiger partial charge in [-0.25, -0.2) is 0 Å². The third kappa shape index (κ3) is 49.5. The van der Waals surface area contributed by atoms with E-state index in [-0.39, 0.29) is 24.9 Å². The number of carbonyl (C=O) groups excluding carboxylic acids is 2. The second kappa shape index (κ2) is 54.2. The number of aliphatic hydroxyl groups excluding tert-OH is 2. The highest BCUT2D eigenvalue weighted by molar-refractivity contribution is 5.77. The minimum atomic E-state index is -0.805. The number of esters is 1. The number of rotatable bonds is 51. The van der Waals surface area contributed by atoms with Crippen LogP contribution in [0, 0.1) is 0 Å². The lowest BCUT2D eigenvalue weighted by Crippen LogP contribution is -2.46. The normalized spacial score (nSPS) is 13.7. The molecule has 3 unspecified atom stereocenters. The van der Waals surface area contributed by atoms with E-state index in [2.05, 4.69) is 99.0 Å². The van der Waals surface area contributed by atoms with Gasteiger partial charge >= 0.3 is 5.97 Å². The van der Waals surface area contributed by atoms with E-state index in [1.165, 1.54) is 135 Å². The van der Waals surface area contributed by atoms with Gasteiger partial charge in [-0.15, -0.1) is 0 Å². The molecular weight excluding hydrogens is 827 g/mol. The minimum absolute atomic E-state index is 0.0438. The number of carbonyl (C=O) groups is 2. The molecule has 0 rings (SSSR count). The molecule has 3 N–H and O–H groups in total. The molecule has 0 aliphatic rings. The highest BCUT2D eigenvalue weighted by Gasteiger charge is 2.24. The molecule has 0 fully saturated rings. The predicted octanol–water partition coefficient (Wildman–Crippen LogP) is 17.7. The number of hydrogen-bond donors (Lipinski definition) is 3. The molecule has 0 aliphatic carbocycles. The molecule has 0 aromatic heterocycles. The van der Waals surface area contributed by atoms with Gasteiger partial charge in [0.1, 0.15) is 6.10 Å². The zero-order valence-electron chi connectivity index (χ0n) is 44.3. The monoisotopic (exact) mass is 936 g/mol. The maximum absolute atomic E-state index is 13.3. The third-order valence-corrected chi connectivity index (χ3v) is 12.8. The van der Waals surface area contributed by atoms with Crippen LogP contribution in [-0.4, -0.2) is 46.9 Å². The Labute approximate surface area is 415 Å². The Bertz CT molecular complexity index is 1230. The maximum atomic E-state index is 13.3. The van der Waals surface area contributed by atoms with E-state index in [1.807, 2.05) is 0 Å². The lowest BCUT2D eigenvalue weighted by molar-refractivity contribution is -0.151. The molecule has 67 heavy (non-hydrogen) atoms. The SMILES string of the molecule is CCCCC/C=C\C/C=C\C/C=C\CCCCCCC(=O)OC(CCCCC/C=C/C=C/C=C/CCCCCCC)CC(=O)NC(CO)C(O)CCCCCCCCCCCCCCCCC. The number of unbranched alkanes of at least 4 members (excludes halogenated alkanes) is 29. The van der Waals surface area contributed by atoms with Crippen LogP contribution in [0.15, 0.2) is 72.9 Å². The Morgan fingerprint density at radius 3 is 1.31 bits per heavy atom. The van der Waals surface area contributed by atoms with Crippen molar-refractivity contribution in [3.8, 4) is 0 Å². The molecule has 1 amide bonds. The molecule has 0 aromatic carbocycles. The Balaban J connectivity index is 4.67. The van der Waals surface area contributed by atoms with Crippen molar-refractivity contribution in [1.82, 2.24) is 5.32 Å². The molecule has 0 radical (unpaired) electrons. The average molecular weight is 937 g/mol. The standard InChI is InChI=1S/C61H109NO5/c1-4-7-10-13-16-19-22-25-28-30-33-36-39-42-45-48-51-54-61(66)67-57(52-49-46-43-40-37-34-32-29-26-23-20-17-14-11-8-5-2)55-60(65)62-58(56-63)59(64)53-50-47-44-41-38-35-31-27-24-21-18-15-12-9-6-3/h16,19,23,25-26,28-29,32-34,36-37,57-59,63-64H,4-15,17-18,20-22,24,27,30-31,35,38-56H2,1-3H3,(H,62,65)/b19-16-,26-23+,28-25-,32-29+,36-33-,37-34+. The maximum Gasteiger partial charge on any atom is 0.306 e. The van der Waals surface area contributed by atoms with Crippen molar-refractivity contribution in [3.63, 3.8) is 0 Å². The van der Waals surface area contributed by atoms with Crippen LogP contribution in [0.5, 0.6) is 0 Å². The van der Waals surface area contributed by atoms with Crippen LogP contribution >= 0.6 is 0 Å². The predicted molar refractivity (Wildman–Crippen MR) is 291 cm³/mol. The van der Waals surface area contributed by atoms with E-state index in [0.29, 0.717) is 19.3 Å². The molecule has 6 heteroatoms. The van der Waals surface area contributed by atoms with E-state index in [0.717, 1.165) is 96.3 Å². The van der Waals surface area contributed by atoms with Gasteiger partial charge in [-0.05, 0) is 89.9 Å². The van der Waals surface area contributed by atoms with Gasteiger partial charge in [-0.2, -0.15) is 0 Å². The van der Waals surface area contributed by atoms with E-state index in [9.17, 15) is 19.8 Å². The summed E-state index contributed by atoms with van der Waals surface area (Å²) in [4.78, 5) is 26.3. The Kier molecular flexibility index (Phi) is 52.1. The molecule has 388 valence electrons. The van der Waals surface area contributed by atoms with Crippen LogP contribution in [0.4, 0.5) is 0 Å². The van der Waals surface area contributed by atoms with Gasteiger partial charge in [0, 0.05) is 6.42 Å². The zero-order valence-corrected chi connectivity index (χ0v) is 44.3. The summed E-state index contributed by atoms with van der Waals surface area (Å²) in [6.07, 6.45) is 69.6. The molecule has 6 nitrogen and oxygen atoms in total. The van der Waals surface area contributed by atoms with Crippen LogP contribution in [0.25, 0.3) is 0 Å². The molecule has 0 saturated heterocycles. The van der Waals surface area contributed by atoms with Crippen molar-refractivity contribution in [2.45, 2.75) is 296 Å². The fourth-order valence-electron chi connectivity index (χ4n) is 8.44. The Hall–Kier alpha value is -2.70. The molecule has 0 saturated carbocycles. The molecule has 0 aliphatic heterocycles. The summed E-state index contributed by atoms with van der Waals surface area (Å²) >= 11 is 0. The van der Waals surface area contributed by atoms with Crippen molar-refractivity contribution in [3.05, 3.63) is 72.9 Å². The van der Waals surface area contributed by atoms with Crippen LogP contribution < -0.4 is 5.32 Å². The molecule has 0 spiro atoms. The number of hydrogen-bond acceptors (Lipinski definition) is 5. The number of ether oxygens (including phenoxy) is 1. The summed E-state index contributed by atoms with van der Waals surface area (Å²) in [6.45, 7) is 6.44. The fourth-order valence-corrected chi connectivity index (χ4v) is 8.44. The lowest BCUT2D eigenvalue weighted by Gasteiger charge is -2.24. The Morgan fingerprint density at radius 1 is 0.448 bits per heavy atom. The first-order chi connectivity index (χ1) is 33.0. The number of amides is 1. The van der Waals surface area contributed by atoms with E-state index in [1.54, 1.807) is 0 Å². The van der Waals surface area contributed by atoms with Gasteiger partial charge in [0.15, 0.2) is 0 Å². The smallest absolute Gasteiger partial charge is 0.306 e. The lowest BCUT2D eigenvalue weighted by atomic mass is 10.0. The molecule has 3 atom stereocenters. The van der Waals surface area contributed by atoms with Crippen LogP contribution in [0.1, 0.15) is 278 Å². The first kappa shape index (κ1) is 64.3. The first-order valence-electron chi connectivity index (χ1n) is 28.7. The summed E-state index contributed by atoms with van der Waals surface area (Å²) in [5.74, 6) is -0.529. The van der Waals surface area contributed by atoms with Crippen molar-refractivity contribution in [2.24, 2.45) is 0 Å². The Morgan fingerprint density at radius 2 is 0.821 bits per heavy atom. The second-order valence-corrected chi connectivity index (χ2v) is 19.4. The van der Waals surface area contributed by atoms with Crippen molar-refractivity contribution >= 4 is 11.9 Å². The molecule has 0 aromatic rings. The molecule has 0 heterocycles. The molecular formula is C61H109NO5. The van der Waals surface area contributed by atoms with Gasteiger partial charge in [-0.3, -0.25) is 9.59 Å². The second-order valence-electron chi connectivity index (χ2n) is 19.4. The van der Waals surface area contributed by atoms with E-state index in [4.69, 9.17) is 4.74 Å². The van der Waals surface area contributed by atoms with Gasteiger partial charge in [0.2, 0.25) is 5.91 Å². The van der Waals surface area contributed by atoms with Crippen molar-refractivity contribution in [2.75, 3.05) is 6.61 Å². The summed E-state index contributed by atoms with van der Waals surface area (Å²) in [6, 6.07) is -0.721. The van der Waals surface area contributed by atoms with Crippen LogP contribution in [-0.2, 0) is 14.3 Å².